The van der Waals surface area contributed by atoms with Gasteiger partial charge in [-0.05, 0) is 35.4 Å². The van der Waals surface area contributed by atoms with Gasteiger partial charge in [0.05, 0.1) is 11.6 Å². The monoisotopic (exact) mass is 377 g/mol. The van der Waals surface area contributed by atoms with Gasteiger partial charge in [0.15, 0.2) is 0 Å². The number of likely N-dealkylation sites (N-methyl/N-ethyl adjacent to an activating group) is 1. The van der Waals surface area contributed by atoms with Crippen LogP contribution in [-0.2, 0) is 10.3 Å². The van der Waals surface area contributed by atoms with Crippen LogP contribution in [0.5, 0.6) is 0 Å². The smallest absolute Gasteiger partial charge is 0.239 e. The molecule has 2 aromatic rings. The van der Waals surface area contributed by atoms with E-state index < -0.39 is 11.6 Å². The van der Waals surface area contributed by atoms with Crippen LogP contribution < -0.4 is 11.1 Å². The summed E-state index contributed by atoms with van der Waals surface area (Å²) in [4.78, 5) is 14.3. The average Bonchev–Trinajstić information content (AvgIpc) is 2.93. The Bertz CT molecular complexity index is 778. The van der Waals surface area contributed by atoms with Crippen LogP contribution in [0.2, 0.25) is 10.0 Å². The molecule has 3 N–H and O–H groups in total. The number of nitrogens with zero attached hydrogens (tertiary/aromatic N) is 1. The van der Waals surface area contributed by atoms with Crippen molar-refractivity contribution in [2.24, 2.45) is 5.73 Å². The highest BCUT2D eigenvalue weighted by molar-refractivity contribution is 6.30. The maximum atomic E-state index is 12.7. The predicted octanol–water partition coefficient (Wildman–Crippen LogP) is 2.99. The summed E-state index contributed by atoms with van der Waals surface area (Å²) in [5.41, 5.74) is 7.99. The van der Waals surface area contributed by atoms with Gasteiger partial charge in [-0.3, -0.25) is 4.79 Å². The molecule has 1 aliphatic rings. The first-order valence-electron chi connectivity index (χ1n) is 8.08. The molecular formula is C19H21Cl2N3O. The summed E-state index contributed by atoms with van der Waals surface area (Å²) in [7, 11) is 3.50. The zero-order valence-corrected chi connectivity index (χ0v) is 15.7. The first-order valence-corrected chi connectivity index (χ1v) is 8.83. The van der Waals surface area contributed by atoms with E-state index in [2.05, 4.69) is 5.32 Å². The average molecular weight is 378 g/mol. The summed E-state index contributed by atoms with van der Waals surface area (Å²) in [5.74, 6) is -0.256. The molecule has 4 nitrogen and oxygen atoms in total. The Balaban J connectivity index is 2.11. The van der Waals surface area contributed by atoms with E-state index in [0.29, 0.717) is 16.6 Å². The molecule has 132 valence electrons. The lowest BCUT2D eigenvalue weighted by molar-refractivity contribution is -0.131. The first-order chi connectivity index (χ1) is 11.8. The molecule has 0 unspecified atom stereocenters. The van der Waals surface area contributed by atoms with E-state index in [4.69, 9.17) is 28.9 Å². The third-order valence-electron chi connectivity index (χ3n) is 4.80. The van der Waals surface area contributed by atoms with Crippen molar-refractivity contribution in [2.45, 2.75) is 17.5 Å². The Morgan fingerprint density at radius 3 is 2.44 bits per heavy atom. The molecule has 2 aromatic carbocycles. The van der Waals surface area contributed by atoms with Gasteiger partial charge in [-0.25, -0.2) is 0 Å². The fourth-order valence-corrected chi connectivity index (χ4v) is 3.87. The highest BCUT2D eigenvalue weighted by atomic mass is 35.5. The van der Waals surface area contributed by atoms with Crippen LogP contribution in [0.4, 0.5) is 0 Å². The van der Waals surface area contributed by atoms with Crippen LogP contribution in [0.15, 0.2) is 48.5 Å². The van der Waals surface area contributed by atoms with Crippen molar-refractivity contribution < 1.29 is 4.79 Å². The quantitative estimate of drug-likeness (QED) is 0.864. The summed E-state index contributed by atoms with van der Waals surface area (Å²) in [6, 6.07) is 14.6. The van der Waals surface area contributed by atoms with Gasteiger partial charge in [0, 0.05) is 36.6 Å². The van der Waals surface area contributed by atoms with E-state index >= 15 is 0 Å². The van der Waals surface area contributed by atoms with Gasteiger partial charge in [0.1, 0.15) is 0 Å². The number of carbonyl (C=O) groups excluding carboxylic acids is 1. The number of carbonyl (C=O) groups is 1. The standard InChI is InChI=1S/C19H21Cl2N3O/c1-24(2)18(25)17-16(12-4-3-5-15(21)10-12)19(22,11-23-17)13-6-8-14(20)9-7-13/h3-10,16-17,23H,11,22H2,1-2H3/t16-,17+,19-/m0/s1. The second kappa shape index (κ2) is 6.96. The zero-order chi connectivity index (χ0) is 18.2. The Kier molecular flexibility index (Phi) is 5.07. The number of hydrogen-bond donors (Lipinski definition) is 2. The Hall–Kier alpha value is -1.59. The highest BCUT2D eigenvalue weighted by Gasteiger charge is 2.50. The molecule has 0 aliphatic carbocycles. The fourth-order valence-electron chi connectivity index (χ4n) is 3.54. The number of rotatable bonds is 3. The second-order valence-corrected chi connectivity index (χ2v) is 7.54. The number of hydrogen-bond acceptors (Lipinski definition) is 3. The fraction of sp³-hybridized carbons (Fsp3) is 0.316. The number of nitrogens with one attached hydrogen (secondary N) is 1. The topological polar surface area (TPSA) is 58.4 Å². The molecule has 3 atom stereocenters. The van der Waals surface area contributed by atoms with E-state index in [9.17, 15) is 4.79 Å². The Labute approximate surface area is 157 Å². The second-order valence-electron chi connectivity index (χ2n) is 6.67. The molecule has 1 heterocycles. The molecule has 0 spiro atoms. The van der Waals surface area contributed by atoms with Gasteiger partial charge in [-0.15, -0.1) is 0 Å². The first kappa shape index (κ1) is 18.2. The number of amides is 1. The zero-order valence-electron chi connectivity index (χ0n) is 14.2. The summed E-state index contributed by atoms with van der Waals surface area (Å²) in [5, 5.41) is 4.59. The molecule has 1 fully saturated rings. The maximum absolute atomic E-state index is 12.7. The molecule has 1 saturated heterocycles. The number of nitrogens with two attached hydrogens (primary N) is 1. The molecule has 0 saturated carbocycles. The van der Waals surface area contributed by atoms with Crippen LogP contribution in [-0.4, -0.2) is 37.5 Å². The Morgan fingerprint density at radius 1 is 1.16 bits per heavy atom. The normalized spacial score (nSPS) is 25.8. The molecule has 0 radical (unpaired) electrons. The number of benzene rings is 2. The molecule has 6 heteroatoms. The third kappa shape index (κ3) is 3.40. The number of halogens is 2. The predicted molar refractivity (Wildman–Crippen MR) is 102 cm³/mol. The van der Waals surface area contributed by atoms with Crippen LogP contribution in [0, 0.1) is 0 Å². The molecule has 3 rings (SSSR count). The minimum Gasteiger partial charge on any atom is -0.347 e. The van der Waals surface area contributed by atoms with Crippen molar-refractivity contribution in [3.05, 3.63) is 69.7 Å². The molecule has 1 aliphatic heterocycles. The summed E-state index contributed by atoms with van der Waals surface area (Å²) in [6.07, 6.45) is 0. The highest BCUT2D eigenvalue weighted by Crippen LogP contribution is 2.42. The van der Waals surface area contributed by atoms with Gasteiger partial charge in [-0.2, -0.15) is 0 Å². The van der Waals surface area contributed by atoms with Crippen LogP contribution in [0.25, 0.3) is 0 Å². The molecule has 25 heavy (non-hydrogen) atoms. The van der Waals surface area contributed by atoms with Crippen molar-refractivity contribution >= 4 is 29.1 Å². The van der Waals surface area contributed by atoms with E-state index in [1.807, 2.05) is 48.5 Å². The lowest BCUT2D eigenvalue weighted by atomic mass is 9.74. The summed E-state index contributed by atoms with van der Waals surface area (Å²) < 4.78 is 0. The molecule has 0 aromatic heterocycles. The Morgan fingerprint density at radius 2 is 1.84 bits per heavy atom. The van der Waals surface area contributed by atoms with E-state index in [1.54, 1.807) is 19.0 Å². The van der Waals surface area contributed by atoms with Gasteiger partial charge in [0.25, 0.3) is 0 Å². The van der Waals surface area contributed by atoms with Crippen LogP contribution in [0.1, 0.15) is 17.0 Å². The van der Waals surface area contributed by atoms with E-state index in [0.717, 1.165) is 11.1 Å². The molecular weight excluding hydrogens is 357 g/mol. The molecule has 0 bridgehead atoms. The van der Waals surface area contributed by atoms with E-state index in [1.165, 1.54) is 0 Å². The lowest BCUT2D eigenvalue weighted by Gasteiger charge is -2.34. The van der Waals surface area contributed by atoms with Gasteiger partial charge in [0.2, 0.25) is 5.91 Å². The van der Waals surface area contributed by atoms with E-state index in [-0.39, 0.29) is 11.8 Å². The van der Waals surface area contributed by atoms with Crippen molar-refractivity contribution in [3.8, 4) is 0 Å². The summed E-state index contributed by atoms with van der Waals surface area (Å²) >= 11 is 12.2. The van der Waals surface area contributed by atoms with Crippen molar-refractivity contribution in [1.29, 1.82) is 0 Å². The van der Waals surface area contributed by atoms with Crippen LogP contribution >= 0.6 is 23.2 Å². The van der Waals surface area contributed by atoms with Gasteiger partial charge < -0.3 is 16.0 Å². The minimum atomic E-state index is -0.744. The van der Waals surface area contributed by atoms with Crippen molar-refractivity contribution in [3.63, 3.8) is 0 Å². The summed E-state index contributed by atoms with van der Waals surface area (Å²) in [6.45, 7) is 0.482. The minimum absolute atomic E-state index is 0.00809. The van der Waals surface area contributed by atoms with Crippen LogP contribution in [0.3, 0.4) is 0 Å². The third-order valence-corrected chi connectivity index (χ3v) is 5.29. The SMILES string of the molecule is CN(C)C(=O)[C@@H]1NC[C@](N)(c2ccc(Cl)cc2)[C@H]1c1cccc(Cl)c1. The lowest BCUT2D eigenvalue weighted by Crippen LogP contribution is -2.46. The maximum Gasteiger partial charge on any atom is 0.239 e. The largest absolute Gasteiger partial charge is 0.347 e. The molecule has 1 amide bonds. The van der Waals surface area contributed by atoms with Gasteiger partial charge >= 0.3 is 0 Å². The van der Waals surface area contributed by atoms with Crippen molar-refractivity contribution in [2.75, 3.05) is 20.6 Å². The van der Waals surface area contributed by atoms with Crippen molar-refractivity contribution in [1.82, 2.24) is 10.2 Å². The van der Waals surface area contributed by atoms with Gasteiger partial charge in [-0.1, -0.05) is 47.5 Å².